The second kappa shape index (κ2) is 4.57. The Hall–Kier alpha value is -1.62. The Bertz CT molecular complexity index is 559. The van der Waals surface area contributed by atoms with Crippen LogP contribution >= 0.6 is 11.3 Å². The molecule has 0 aromatic carbocycles. The second-order valence-electron chi connectivity index (χ2n) is 4.57. The van der Waals surface area contributed by atoms with Gasteiger partial charge in [-0.1, -0.05) is 0 Å². The first-order valence-electron chi connectivity index (χ1n) is 5.96. The molecule has 94 valence electrons. The third-order valence-electron chi connectivity index (χ3n) is 3.24. The Labute approximate surface area is 108 Å². The molecule has 18 heavy (non-hydrogen) atoms. The highest BCUT2D eigenvalue weighted by molar-refractivity contribution is 7.15. The maximum atomic E-state index is 10.7. The van der Waals surface area contributed by atoms with Gasteiger partial charge in [0.15, 0.2) is 10.8 Å². The van der Waals surface area contributed by atoms with Crippen molar-refractivity contribution in [2.24, 2.45) is 5.92 Å². The fourth-order valence-electron chi connectivity index (χ4n) is 2.37. The van der Waals surface area contributed by atoms with Crippen LogP contribution in [0.25, 0.3) is 10.8 Å². The van der Waals surface area contributed by atoms with Crippen LogP contribution in [-0.2, 0) is 17.6 Å². The molecule has 1 N–H and O–H groups in total. The third-order valence-corrected chi connectivity index (χ3v) is 4.37. The molecular weight excluding hydrogens is 250 g/mol. The summed E-state index contributed by atoms with van der Waals surface area (Å²) in [5.74, 6) is 0.336. The molecule has 4 nitrogen and oxygen atoms in total. The number of nitrogens with zero attached hydrogens (tertiary/aromatic N) is 1. The van der Waals surface area contributed by atoms with Crippen molar-refractivity contribution >= 4 is 17.3 Å². The van der Waals surface area contributed by atoms with E-state index in [9.17, 15) is 4.79 Å². The minimum atomic E-state index is -0.709. The van der Waals surface area contributed by atoms with Crippen molar-refractivity contribution in [2.45, 2.75) is 25.7 Å². The number of hydrogen-bond acceptors (Lipinski definition) is 4. The van der Waals surface area contributed by atoms with Gasteiger partial charge in [-0.05, 0) is 37.3 Å². The van der Waals surface area contributed by atoms with Gasteiger partial charge in [-0.25, -0.2) is 4.98 Å². The summed E-state index contributed by atoms with van der Waals surface area (Å²) in [6, 6.07) is 3.75. The lowest BCUT2D eigenvalue weighted by Crippen LogP contribution is -2.16. The average molecular weight is 263 g/mol. The number of fused-ring (bicyclic) bond motifs is 1. The molecule has 1 aliphatic rings. The number of furan rings is 1. The number of aryl methyl sites for hydroxylation is 1. The number of hydrogen-bond donors (Lipinski definition) is 1. The lowest BCUT2D eigenvalue weighted by atomic mass is 9.89. The van der Waals surface area contributed by atoms with Gasteiger partial charge in [-0.3, -0.25) is 4.79 Å². The summed E-state index contributed by atoms with van der Waals surface area (Å²) in [4.78, 5) is 16.5. The van der Waals surface area contributed by atoms with Gasteiger partial charge in [0, 0.05) is 11.3 Å². The molecule has 1 atom stereocenters. The number of carboxylic acid groups (broad SMARTS) is 1. The molecule has 0 saturated carbocycles. The molecule has 2 heterocycles. The molecule has 2 aromatic heterocycles. The molecule has 0 radical (unpaired) electrons. The number of aliphatic carboxylic acids is 1. The molecule has 0 amide bonds. The summed E-state index contributed by atoms with van der Waals surface area (Å²) in [6.07, 6.45) is 4.53. The van der Waals surface area contributed by atoms with Crippen molar-refractivity contribution in [3.05, 3.63) is 29.0 Å². The van der Waals surface area contributed by atoms with Crippen LogP contribution in [0.3, 0.4) is 0 Å². The van der Waals surface area contributed by atoms with Crippen LogP contribution in [0, 0.1) is 5.92 Å². The topological polar surface area (TPSA) is 63.3 Å². The zero-order chi connectivity index (χ0) is 12.5. The van der Waals surface area contributed by atoms with E-state index in [0.29, 0.717) is 0 Å². The Kier molecular flexibility index (Phi) is 2.91. The van der Waals surface area contributed by atoms with Crippen LogP contribution in [0.2, 0.25) is 0 Å². The van der Waals surface area contributed by atoms with E-state index in [4.69, 9.17) is 9.52 Å². The molecule has 0 saturated heterocycles. The van der Waals surface area contributed by atoms with E-state index in [2.05, 4.69) is 4.98 Å². The Morgan fingerprint density at radius 3 is 3.22 bits per heavy atom. The van der Waals surface area contributed by atoms with E-state index in [1.807, 2.05) is 12.1 Å². The maximum Gasteiger partial charge on any atom is 0.303 e. The van der Waals surface area contributed by atoms with Gasteiger partial charge in [-0.15, -0.1) is 11.3 Å². The van der Waals surface area contributed by atoms with E-state index in [-0.39, 0.29) is 12.3 Å². The fraction of sp³-hybridized carbons (Fsp3) is 0.385. The number of carbonyl (C=O) groups is 1. The van der Waals surface area contributed by atoms with Crippen LogP contribution in [-0.4, -0.2) is 16.1 Å². The monoisotopic (exact) mass is 263 g/mol. The minimum absolute atomic E-state index is 0.250. The average Bonchev–Trinajstić information content (AvgIpc) is 2.95. The normalized spacial score (nSPS) is 18.6. The third kappa shape index (κ3) is 2.18. The van der Waals surface area contributed by atoms with Gasteiger partial charge < -0.3 is 9.52 Å². The van der Waals surface area contributed by atoms with Crippen LogP contribution in [0.15, 0.2) is 22.8 Å². The maximum absolute atomic E-state index is 10.7. The SMILES string of the molecule is O=C(O)CC1CCc2nc(-c3ccco3)sc2C1. The Morgan fingerprint density at radius 1 is 1.61 bits per heavy atom. The first kappa shape index (κ1) is 11.5. The fourth-order valence-corrected chi connectivity index (χ4v) is 3.56. The lowest BCUT2D eigenvalue weighted by molar-refractivity contribution is -0.138. The Balaban J connectivity index is 1.82. The second-order valence-corrected chi connectivity index (χ2v) is 5.66. The molecule has 5 heteroatoms. The van der Waals surface area contributed by atoms with Crippen LogP contribution < -0.4 is 0 Å². The molecule has 2 aromatic rings. The van der Waals surface area contributed by atoms with Crippen LogP contribution in [0.1, 0.15) is 23.4 Å². The molecule has 0 aliphatic heterocycles. The zero-order valence-corrected chi connectivity index (χ0v) is 10.6. The number of rotatable bonds is 3. The van der Waals surface area contributed by atoms with Crippen molar-refractivity contribution in [3.8, 4) is 10.8 Å². The molecule has 1 unspecified atom stereocenters. The molecular formula is C13H13NO3S. The van der Waals surface area contributed by atoms with E-state index < -0.39 is 5.97 Å². The molecule has 1 aliphatic carbocycles. The quantitative estimate of drug-likeness (QED) is 0.924. The number of carboxylic acids is 1. The molecule has 0 spiro atoms. The summed E-state index contributed by atoms with van der Waals surface area (Å²) >= 11 is 1.63. The van der Waals surface area contributed by atoms with Crippen molar-refractivity contribution in [1.29, 1.82) is 0 Å². The van der Waals surface area contributed by atoms with Gasteiger partial charge in [0.2, 0.25) is 0 Å². The summed E-state index contributed by atoms with van der Waals surface area (Å²) < 4.78 is 5.34. The summed E-state index contributed by atoms with van der Waals surface area (Å²) in [6.45, 7) is 0. The van der Waals surface area contributed by atoms with Crippen LogP contribution in [0.4, 0.5) is 0 Å². The highest BCUT2D eigenvalue weighted by atomic mass is 32.1. The predicted octanol–water partition coefficient (Wildman–Crippen LogP) is 2.98. The largest absolute Gasteiger partial charge is 0.481 e. The highest BCUT2D eigenvalue weighted by Gasteiger charge is 2.24. The van der Waals surface area contributed by atoms with Crippen LogP contribution in [0.5, 0.6) is 0 Å². The Morgan fingerprint density at radius 2 is 2.50 bits per heavy atom. The molecule has 0 fully saturated rings. The first-order valence-corrected chi connectivity index (χ1v) is 6.78. The summed E-state index contributed by atoms with van der Waals surface area (Å²) in [5, 5.41) is 9.75. The lowest BCUT2D eigenvalue weighted by Gasteiger charge is -2.18. The van der Waals surface area contributed by atoms with Gasteiger partial charge in [0.05, 0.1) is 12.0 Å². The van der Waals surface area contributed by atoms with Gasteiger partial charge in [0.1, 0.15) is 0 Å². The van der Waals surface area contributed by atoms with Crippen molar-refractivity contribution < 1.29 is 14.3 Å². The van der Waals surface area contributed by atoms with Crippen molar-refractivity contribution in [2.75, 3.05) is 0 Å². The van der Waals surface area contributed by atoms with E-state index in [0.717, 1.165) is 35.7 Å². The number of aromatic nitrogens is 1. The molecule has 0 bridgehead atoms. The first-order chi connectivity index (χ1) is 8.72. The van der Waals surface area contributed by atoms with E-state index in [1.165, 1.54) is 4.88 Å². The predicted molar refractivity (Wildman–Crippen MR) is 67.6 cm³/mol. The van der Waals surface area contributed by atoms with Crippen molar-refractivity contribution in [3.63, 3.8) is 0 Å². The zero-order valence-electron chi connectivity index (χ0n) is 9.76. The van der Waals surface area contributed by atoms with Gasteiger partial charge in [0.25, 0.3) is 0 Å². The number of thiazole rings is 1. The van der Waals surface area contributed by atoms with E-state index in [1.54, 1.807) is 17.6 Å². The summed E-state index contributed by atoms with van der Waals surface area (Å²) in [7, 11) is 0. The minimum Gasteiger partial charge on any atom is -0.481 e. The van der Waals surface area contributed by atoms with Gasteiger partial charge in [-0.2, -0.15) is 0 Å². The van der Waals surface area contributed by atoms with E-state index >= 15 is 0 Å². The summed E-state index contributed by atoms with van der Waals surface area (Å²) in [5.41, 5.74) is 1.12. The van der Waals surface area contributed by atoms with Gasteiger partial charge >= 0.3 is 5.97 Å². The smallest absolute Gasteiger partial charge is 0.303 e. The molecule has 3 rings (SSSR count). The van der Waals surface area contributed by atoms with Crippen molar-refractivity contribution in [1.82, 2.24) is 4.98 Å². The highest BCUT2D eigenvalue weighted by Crippen LogP contribution is 2.35. The standard InChI is InChI=1S/C13H13NO3S/c15-12(16)7-8-3-4-9-11(6-8)18-13(14-9)10-2-1-5-17-10/h1-2,5,8H,3-4,6-7H2,(H,15,16).